The molecule has 0 atom stereocenters. The minimum atomic E-state index is -0.499. The van der Waals surface area contributed by atoms with Crippen LogP contribution in [0.2, 0.25) is 0 Å². The summed E-state index contributed by atoms with van der Waals surface area (Å²) in [4.78, 5) is 11.5. The lowest BCUT2D eigenvalue weighted by molar-refractivity contribution is 0.0292. The summed E-state index contributed by atoms with van der Waals surface area (Å²) in [6, 6.07) is 6.58. The van der Waals surface area contributed by atoms with Gasteiger partial charge < -0.3 is 14.2 Å². The van der Waals surface area contributed by atoms with Crippen LogP contribution in [0, 0.1) is 0 Å². The van der Waals surface area contributed by atoms with Crippen LogP contribution in [-0.4, -0.2) is 19.7 Å². The van der Waals surface area contributed by atoms with Crippen LogP contribution in [0.1, 0.15) is 17.3 Å². The first-order chi connectivity index (χ1) is 7.67. The molecule has 0 amide bonds. The number of benzene rings is 1. The van der Waals surface area contributed by atoms with Crippen molar-refractivity contribution >= 4 is 5.97 Å². The predicted octanol–water partition coefficient (Wildman–Crippen LogP) is 2.36. The van der Waals surface area contributed by atoms with E-state index in [4.69, 9.17) is 14.2 Å². The third-order valence-corrected chi connectivity index (χ3v) is 1.84. The maximum atomic E-state index is 11.5. The average Bonchev–Trinajstić information content (AvgIpc) is 2.29. The van der Waals surface area contributed by atoms with Gasteiger partial charge in [-0.05, 0) is 37.8 Å². The summed E-state index contributed by atoms with van der Waals surface area (Å²) in [5.74, 6) is 0.185. The van der Waals surface area contributed by atoms with Gasteiger partial charge in [0.15, 0.2) is 0 Å². The molecule has 0 bridgehead atoms. The highest BCUT2D eigenvalue weighted by molar-refractivity contribution is 5.90. The molecule has 86 valence electrons. The molecule has 0 saturated heterocycles. The molecule has 1 rings (SSSR count). The summed E-state index contributed by atoms with van der Waals surface area (Å²) in [6.07, 6.45) is 0. The number of hydrogen-bond acceptors (Lipinski definition) is 4. The standard InChI is InChI=1S/C12H14O4/c1-4-15-9(2)16-12(13)10-5-7-11(14-3)8-6-10/h5-8H,2,4H2,1,3H3. The number of carbonyl (C=O) groups is 1. The number of methoxy groups -OCH3 is 1. The second kappa shape index (κ2) is 5.80. The van der Waals surface area contributed by atoms with Gasteiger partial charge >= 0.3 is 5.97 Å². The molecule has 0 heterocycles. The lowest BCUT2D eigenvalue weighted by Gasteiger charge is -2.07. The Labute approximate surface area is 94.4 Å². The highest BCUT2D eigenvalue weighted by Gasteiger charge is 2.09. The van der Waals surface area contributed by atoms with Crippen molar-refractivity contribution < 1.29 is 19.0 Å². The molecule has 1 aromatic carbocycles. The Morgan fingerprint density at radius 1 is 1.31 bits per heavy atom. The van der Waals surface area contributed by atoms with Crippen molar-refractivity contribution in [3.63, 3.8) is 0 Å². The molecule has 4 nitrogen and oxygen atoms in total. The van der Waals surface area contributed by atoms with Crippen LogP contribution in [0.4, 0.5) is 0 Å². The zero-order valence-electron chi connectivity index (χ0n) is 9.36. The van der Waals surface area contributed by atoms with Crippen LogP contribution in [0.15, 0.2) is 36.8 Å². The summed E-state index contributed by atoms with van der Waals surface area (Å²) in [6.45, 7) is 5.65. The number of hydrogen-bond donors (Lipinski definition) is 0. The van der Waals surface area contributed by atoms with Gasteiger partial charge in [-0.1, -0.05) is 0 Å². The Bertz CT molecular complexity index is 367. The Balaban J connectivity index is 2.62. The molecule has 0 saturated carbocycles. The van der Waals surface area contributed by atoms with Gasteiger partial charge in [-0.2, -0.15) is 0 Å². The summed E-state index contributed by atoms with van der Waals surface area (Å²) in [5.41, 5.74) is 0.418. The maximum absolute atomic E-state index is 11.5. The second-order valence-electron chi connectivity index (χ2n) is 2.92. The maximum Gasteiger partial charge on any atom is 0.345 e. The van der Waals surface area contributed by atoms with E-state index in [0.717, 1.165) is 0 Å². The van der Waals surface area contributed by atoms with Gasteiger partial charge in [0.05, 0.1) is 19.3 Å². The van der Waals surface area contributed by atoms with E-state index in [-0.39, 0.29) is 5.95 Å². The van der Waals surface area contributed by atoms with E-state index in [1.807, 2.05) is 0 Å². The zero-order valence-corrected chi connectivity index (χ0v) is 9.36. The number of rotatable bonds is 5. The van der Waals surface area contributed by atoms with Gasteiger partial charge in [-0.15, -0.1) is 0 Å². The molecular formula is C12H14O4. The fraction of sp³-hybridized carbons (Fsp3) is 0.250. The van der Waals surface area contributed by atoms with E-state index in [9.17, 15) is 4.79 Å². The first-order valence-corrected chi connectivity index (χ1v) is 4.85. The van der Waals surface area contributed by atoms with Crippen molar-refractivity contribution in [3.05, 3.63) is 42.4 Å². The van der Waals surface area contributed by atoms with Crippen LogP contribution in [-0.2, 0) is 9.47 Å². The lowest BCUT2D eigenvalue weighted by atomic mass is 10.2. The molecule has 1 aromatic rings. The predicted molar refractivity (Wildman–Crippen MR) is 59.2 cm³/mol. The van der Waals surface area contributed by atoms with Crippen LogP contribution >= 0.6 is 0 Å². The van der Waals surface area contributed by atoms with Crippen LogP contribution in [0.3, 0.4) is 0 Å². The van der Waals surface area contributed by atoms with Gasteiger partial charge in [0.25, 0.3) is 5.95 Å². The molecule has 0 aliphatic carbocycles. The van der Waals surface area contributed by atoms with Crippen molar-refractivity contribution in [1.29, 1.82) is 0 Å². The topological polar surface area (TPSA) is 44.8 Å². The van der Waals surface area contributed by atoms with Gasteiger partial charge in [-0.3, -0.25) is 0 Å². The quantitative estimate of drug-likeness (QED) is 0.566. The Kier molecular flexibility index (Phi) is 4.39. The van der Waals surface area contributed by atoms with E-state index in [1.54, 1.807) is 38.3 Å². The largest absolute Gasteiger partial charge is 0.497 e. The van der Waals surface area contributed by atoms with Crippen LogP contribution < -0.4 is 4.74 Å². The van der Waals surface area contributed by atoms with Gasteiger partial charge in [0.2, 0.25) is 0 Å². The molecule has 0 aliphatic rings. The Morgan fingerprint density at radius 2 is 1.94 bits per heavy atom. The van der Waals surface area contributed by atoms with Crippen molar-refractivity contribution in [3.8, 4) is 5.75 Å². The Morgan fingerprint density at radius 3 is 2.44 bits per heavy atom. The van der Waals surface area contributed by atoms with Crippen LogP contribution in [0.5, 0.6) is 5.75 Å². The second-order valence-corrected chi connectivity index (χ2v) is 2.92. The van der Waals surface area contributed by atoms with E-state index >= 15 is 0 Å². The minimum Gasteiger partial charge on any atom is -0.497 e. The third-order valence-electron chi connectivity index (χ3n) is 1.84. The first-order valence-electron chi connectivity index (χ1n) is 4.85. The first kappa shape index (κ1) is 12.1. The van der Waals surface area contributed by atoms with E-state index in [0.29, 0.717) is 17.9 Å². The van der Waals surface area contributed by atoms with Gasteiger partial charge in [0.1, 0.15) is 5.75 Å². The molecule has 16 heavy (non-hydrogen) atoms. The molecule has 0 spiro atoms. The summed E-state index contributed by atoms with van der Waals surface area (Å²) in [5, 5.41) is 0. The van der Waals surface area contributed by atoms with Crippen molar-refractivity contribution in [2.45, 2.75) is 6.92 Å². The SMILES string of the molecule is C=C(OCC)OC(=O)c1ccc(OC)cc1. The molecule has 0 fully saturated rings. The molecule has 4 heteroatoms. The number of esters is 1. The molecule has 0 radical (unpaired) electrons. The van der Waals surface area contributed by atoms with Gasteiger partial charge in [-0.25, -0.2) is 4.79 Å². The van der Waals surface area contributed by atoms with Crippen LogP contribution in [0.25, 0.3) is 0 Å². The smallest absolute Gasteiger partial charge is 0.345 e. The van der Waals surface area contributed by atoms with E-state index in [2.05, 4.69) is 6.58 Å². The molecule has 0 N–H and O–H groups in total. The lowest BCUT2D eigenvalue weighted by Crippen LogP contribution is -2.06. The number of carbonyl (C=O) groups excluding carboxylic acids is 1. The fourth-order valence-electron chi connectivity index (χ4n) is 1.08. The molecular weight excluding hydrogens is 208 g/mol. The summed E-state index contributed by atoms with van der Waals surface area (Å²) < 4.78 is 14.7. The van der Waals surface area contributed by atoms with E-state index < -0.39 is 5.97 Å². The Hall–Kier alpha value is -1.97. The van der Waals surface area contributed by atoms with Crippen molar-refractivity contribution in [1.82, 2.24) is 0 Å². The highest BCUT2D eigenvalue weighted by atomic mass is 16.7. The fourth-order valence-corrected chi connectivity index (χ4v) is 1.08. The van der Waals surface area contributed by atoms with Crippen molar-refractivity contribution in [2.24, 2.45) is 0 Å². The normalized spacial score (nSPS) is 9.38. The minimum absolute atomic E-state index is 0.00307. The van der Waals surface area contributed by atoms with Crippen molar-refractivity contribution in [2.75, 3.05) is 13.7 Å². The van der Waals surface area contributed by atoms with Gasteiger partial charge in [0, 0.05) is 0 Å². The molecule has 0 aromatic heterocycles. The number of ether oxygens (including phenoxy) is 3. The monoisotopic (exact) mass is 222 g/mol. The summed E-state index contributed by atoms with van der Waals surface area (Å²) >= 11 is 0. The average molecular weight is 222 g/mol. The van der Waals surface area contributed by atoms with E-state index in [1.165, 1.54) is 0 Å². The highest BCUT2D eigenvalue weighted by Crippen LogP contribution is 2.13. The molecule has 0 aliphatic heterocycles. The summed E-state index contributed by atoms with van der Waals surface area (Å²) in [7, 11) is 1.56. The zero-order chi connectivity index (χ0) is 12.0. The molecule has 0 unspecified atom stereocenters. The third kappa shape index (κ3) is 3.31.